The van der Waals surface area contributed by atoms with Gasteiger partial charge in [-0.05, 0) is 0 Å². The van der Waals surface area contributed by atoms with Crippen molar-refractivity contribution in [1.82, 2.24) is 11.2 Å². The SMILES string of the molecule is OC[PH+](CO)CC[PH+](CO)CO.[Fe].[N]=O.[N]=O. The van der Waals surface area contributed by atoms with Gasteiger partial charge in [0.1, 0.15) is 11.2 Å². The molecule has 0 aromatic rings. The topological polar surface area (TPSA) is 160 Å². The molecule has 4 N–H and O–H groups in total. The van der Waals surface area contributed by atoms with E-state index in [1.165, 1.54) is 0 Å². The fraction of sp³-hybridized carbons (Fsp3) is 1.00. The minimum absolute atomic E-state index is 0. The van der Waals surface area contributed by atoms with E-state index in [2.05, 4.69) is 0 Å². The number of aliphatic hydroxyl groups excluding tert-OH is 4. The van der Waals surface area contributed by atoms with Gasteiger partial charge in [-0.1, -0.05) is 0 Å². The molecule has 0 saturated carbocycles. The van der Waals surface area contributed by atoms with E-state index in [0.29, 0.717) is 0 Å². The summed E-state index contributed by atoms with van der Waals surface area (Å²) < 4.78 is 0. The maximum Gasteiger partial charge on any atom is 0.154 e. The molecular weight excluding hydrogens is 314 g/mol. The van der Waals surface area contributed by atoms with Crippen molar-refractivity contribution >= 4 is 15.8 Å². The molecule has 104 valence electrons. The molecule has 8 nitrogen and oxygen atoms in total. The summed E-state index contributed by atoms with van der Waals surface area (Å²) in [6, 6.07) is 0. The molecule has 0 bridgehead atoms. The minimum Gasteiger partial charge on any atom is -0.362 e. The molecule has 17 heavy (non-hydrogen) atoms. The van der Waals surface area contributed by atoms with E-state index in [-0.39, 0.29) is 42.5 Å². The third kappa shape index (κ3) is 19.0. The third-order valence-corrected chi connectivity index (χ3v) is 5.93. The molecule has 0 atom stereocenters. The summed E-state index contributed by atoms with van der Waals surface area (Å²) in [6.45, 7) is 0. The Morgan fingerprint density at radius 3 is 0.941 bits per heavy atom. The predicted octanol–water partition coefficient (Wildman–Crippen LogP) is -1.68. The Labute approximate surface area is 112 Å². The molecule has 0 aliphatic heterocycles. The van der Waals surface area contributed by atoms with Crippen LogP contribution in [0.5, 0.6) is 0 Å². The van der Waals surface area contributed by atoms with Crippen molar-refractivity contribution in [3.05, 3.63) is 9.81 Å². The average molecular weight is 332 g/mol. The Kier molecular flexibility index (Phi) is 38.8. The Balaban J connectivity index is -0.000000152. The van der Waals surface area contributed by atoms with E-state index in [4.69, 9.17) is 41.4 Å². The predicted molar refractivity (Wildman–Crippen MR) is 65.7 cm³/mol. The van der Waals surface area contributed by atoms with Gasteiger partial charge in [0.05, 0.1) is 28.2 Å². The van der Waals surface area contributed by atoms with Crippen LogP contribution in [-0.4, -0.2) is 58.1 Å². The van der Waals surface area contributed by atoms with Crippen LogP contribution in [0.1, 0.15) is 0 Å². The van der Waals surface area contributed by atoms with Gasteiger partial charge in [-0.3, -0.25) is 0 Å². The Morgan fingerprint density at radius 2 is 0.824 bits per heavy atom. The van der Waals surface area contributed by atoms with Crippen LogP contribution in [0.4, 0.5) is 0 Å². The van der Waals surface area contributed by atoms with Gasteiger partial charge in [-0.2, -0.15) is 0 Å². The summed E-state index contributed by atoms with van der Waals surface area (Å²) >= 11 is 0. The molecular formula is C6H18FeN2O6P2+2. The van der Waals surface area contributed by atoms with E-state index >= 15 is 0 Å². The van der Waals surface area contributed by atoms with Crippen molar-refractivity contribution in [1.29, 1.82) is 0 Å². The fourth-order valence-electron chi connectivity index (χ4n) is 0.770. The zero-order valence-electron chi connectivity index (χ0n) is 9.10. The zero-order valence-corrected chi connectivity index (χ0v) is 12.2. The molecule has 0 aliphatic carbocycles. The molecule has 0 rings (SSSR count). The van der Waals surface area contributed by atoms with Crippen molar-refractivity contribution in [2.24, 2.45) is 0 Å². The zero-order chi connectivity index (χ0) is 13.4. The smallest absolute Gasteiger partial charge is 0.154 e. The second-order valence-electron chi connectivity index (χ2n) is 2.63. The van der Waals surface area contributed by atoms with E-state index in [9.17, 15) is 0 Å². The summed E-state index contributed by atoms with van der Waals surface area (Å²) in [5.74, 6) is 0. The number of nitroso groups, excluding NO2 is 2. The van der Waals surface area contributed by atoms with Gasteiger partial charge in [0.2, 0.25) is 0 Å². The van der Waals surface area contributed by atoms with Gasteiger partial charge in [0, 0.05) is 17.1 Å². The minimum atomic E-state index is -1.02. The molecule has 0 amide bonds. The van der Waals surface area contributed by atoms with Gasteiger partial charge in [-0.25, -0.2) is 0 Å². The monoisotopic (exact) mass is 332 g/mol. The quantitative estimate of drug-likeness (QED) is 0.322. The average Bonchev–Trinajstić information content (AvgIpc) is 2.40. The van der Waals surface area contributed by atoms with Crippen molar-refractivity contribution in [3.63, 3.8) is 0 Å². The largest absolute Gasteiger partial charge is 0.362 e. The molecule has 0 aromatic carbocycles. The van der Waals surface area contributed by atoms with Crippen LogP contribution in [-0.2, 0) is 17.1 Å². The standard InChI is InChI=1S/C6H16O4P2.Fe.2NO/c7-3-11(4-8)1-2-12(5-9)6-10;;2*1-2/h7-10H,1-6H2;;;/p+2. The summed E-state index contributed by atoms with van der Waals surface area (Å²) in [5.41, 5.74) is 11.5. The Morgan fingerprint density at radius 1 is 0.647 bits per heavy atom. The van der Waals surface area contributed by atoms with E-state index in [1.807, 2.05) is 0 Å². The number of hydrogen-bond donors (Lipinski definition) is 4. The second kappa shape index (κ2) is 25.3. The summed E-state index contributed by atoms with van der Waals surface area (Å²) in [4.78, 5) is 14.5. The molecule has 11 heteroatoms. The first-order valence-electron chi connectivity index (χ1n) is 4.25. The maximum absolute atomic E-state index is 8.76. The van der Waals surface area contributed by atoms with Crippen LogP contribution >= 0.6 is 15.8 Å². The van der Waals surface area contributed by atoms with Gasteiger partial charge >= 0.3 is 0 Å². The molecule has 0 aliphatic rings. The molecule has 0 aromatic heterocycles. The van der Waals surface area contributed by atoms with Gasteiger partial charge < -0.3 is 20.4 Å². The van der Waals surface area contributed by atoms with Gasteiger partial charge in [-0.15, -0.1) is 9.81 Å². The number of aliphatic hydroxyl groups is 4. The molecule has 0 fully saturated rings. The maximum atomic E-state index is 8.76. The van der Waals surface area contributed by atoms with Crippen LogP contribution < -0.4 is 11.2 Å². The molecule has 0 spiro atoms. The third-order valence-electron chi connectivity index (χ3n) is 1.73. The fourth-order valence-corrected chi connectivity index (χ4v) is 4.43. The molecule has 0 heterocycles. The van der Waals surface area contributed by atoms with Crippen molar-refractivity contribution < 1.29 is 37.5 Å². The molecule has 2 radical (unpaired) electrons. The number of rotatable bonds is 7. The summed E-state index contributed by atoms with van der Waals surface area (Å²) in [6.07, 6.45) is 1.88. The van der Waals surface area contributed by atoms with E-state index in [0.717, 1.165) is 12.3 Å². The number of hydrogen-bond acceptors (Lipinski definition) is 6. The van der Waals surface area contributed by atoms with Gasteiger partial charge in [0.25, 0.3) is 0 Å². The first-order chi connectivity index (χ1) is 7.78. The first-order valence-corrected chi connectivity index (χ1v) is 8.49. The summed E-state index contributed by atoms with van der Waals surface area (Å²) in [5, 5.41) is 35.0. The first kappa shape index (κ1) is 26.1. The van der Waals surface area contributed by atoms with Crippen LogP contribution in [0, 0.1) is 9.81 Å². The Bertz CT molecular complexity index is 119. The van der Waals surface area contributed by atoms with Crippen molar-refractivity contribution in [3.8, 4) is 0 Å². The van der Waals surface area contributed by atoms with E-state index < -0.39 is 15.8 Å². The summed E-state index contributed by atoms with van der Waals surface area (Å²) in [7, 11) is -2.05. The van der Waals surface area contributed by atoms with Crippen molar-refractivity contribution in [2.75, 3.05) is 37.7 Å². The normalized spacial score (nSPS) is 8.59. The van der Waals surface area contributed by atoms with Gasteiger partial charge in [0.15, 0.2) is 25.4 Å². The van der Waals surface area contributed by atoms with Crippen LogP contribution in [0.15, 0.2) is 0 Å². The number of nitrogens with zero attached hydrogens (tertiary/aromatic N) is 2. The van der Waals surface area contributed by atoms with Crippen LogP contribution in [0.3, 0.4) is 0 Å². The van der Waals surface area contributed by atoms with E-state index in [1.54, 1.807) is 0 Å². The molecule has 0 saturated heterocycles. The Hall–Kier alpha value is 0.419. The molecule has 0 unspecified atom stereocenters. The van der Waals surface area contributed by atoms with Crippen molar-refractivity contribution in [2.45, 2.75) is 0 Å². The van der Waals surface area contributed by atoms with Crippen LogP contribution in [0.25, 0.3) is 0 Å². The van der Waals surface area contributed by atoms with Crippen LogP contribution in [0.2, 0.25) is 0 Å². The second-order valence-corrected chi connectivity index (χ2v) is 7.90.